The largest absolute Gasteiger partial charge is 0.378 e. The summed E-state index contributed by atoms with van der Waals surface area (Å²) in [6, 6.07) is 13.5. The summed E-state index contributed by atoms with van der Waals surface area (Å²) in [7, 11) is 0. The van der Waals surface area contributed by atoms with E-state index in [0.717, 1.165) is 30.0 Å². The number of carbonyl (C=O) groups is 1. The number of nitrogens with zero attached hydrogens (tertiary/aromatic N) is 3. The van der Waals surface area contributed by atoms with E-state index in [-0.39, 0.29) is 11.9 Å². The predicted molar refractivity (Wildman–Crippen MR) is 117 cm³/mol. The van der Waals surface area contributed by atoms with Crippen LogP contribution in [0.5, 0.6) is 0 Å². The van der Waals surface area contributed by atoms with Gasteiger partial charge in [0, 0.05) is 37.2 Å². The van der Waals surface area contributed by atoms with Crippen molar-refractivity contribution in [1.82, 2.24) is 15.3 Å². The number of benzene rings is 1. The summed E-state index contributed by atoms with van der Waals surface area (Å²) in [5.41, 5.74) is 5.04. The fourth-order valence-electron chi connectivity index (χ4n) is 3.60. The molecule has 154 valence electrons. The maximum Gasteiger partial charge on any atom is 0.252 e. The molecule has 1 amide bonds. The Morgan fingerprint density at radius 3 is 2.47 bits per heavy atom. The van der Waals surface area contributed by atoms with E-state index < -0.39 is 0 Å². The topological polar surface area (TPSA) is 67.4 Å². The summed E-state index contributed by atoms with van der Waals surface area (Å²) in [4.78, 5) is 23.9. The molecule has 1 aliphatic rings. The predicted octanol–water partition coefficient (Wildman–Crippen LogP) is 3.45. The van der Waals surface area contributed by atoms with Gasteiger partial charge in [-0.25, -0.2) is 4.98 Å². The number of aromatic nitrogens is 2. The van der Waals surface area contributed by atoms with Gasteiger partial charge in [0.25, 0.3) is 5.91 Å². The van der Waals surface area contributed by atoms with Crippen molar-refractivity contribution in [2.24, 2.45) is 0 Å². The van der Waals surface area contributed by atoms with Gasteiger partial charge in [0.05, 0.1) is 19.3 Å². The van der Waals surface area contributed by atoms with Crippen LogP contribution in [0.15, 0.2) is 61.1 Å². The number of hydrogen-bond acceptors (Lipinski definition) is 5. The molecule has 1 aliphatic heterocycles. The van der Waals surface area contributed by atoms with E-state index in [2.05, 4.69) is 52.2 Å². The van der Waals surface area contributed by atoms with Crippen LogP contribution in [0.3, 0.4) is 0 Å². The first-order valence-corrected chi connectivity index (χ1v) is 10.2. The number of pyridine rings is 2. The smallest absolute Gasteiger partial charge is 0.252 e. The number of morpholine rings is 1. The van der Waals surface area contributed by atoms with Crippen LogP contribution in [-0.2, 0) is 4.74 Å². The van der Waals surface area contributed by atoms with Crippen LogP contribution in [0.25, 0.3) is 0 Å². The third-order valence-corrected chi connectivity index (χ3v) is 5.52. The minimum atomic E-state index is -0.264. The summed E-state index contributed by atoms with van der Waals surface area (Å²) < 4.78 is 5.41. The Balaban J connectivity index is 1.61. The third kappa shape index (κ3) is 4.49. The zero-order valence-corrected chi connectivity index (χ0v) is 17.3. The lowest BCUT2D eigenvalue weighted by atomic mass is 9.96. The van der Waals surface area contributed by atoms with Crippen molar-refractivity contribution in [3.63, 3.8) is 0 Å². The average molecular weight is 402 g/mol. The summed E-state index contributed by atoms with van der Waals surface area (Å²) in [5.74, 6) is 0.671. The first kappa shape index (κ1) is 20.0. The number of nitrogens with one attached hydrogen (secondary N) is 1. The standard InChI is InChI=1S/C24H26N4O2/c1-17-3-4-20(15-18(17)2)23(19-5-8-25-9-6-19)27-24(29)21-7-10-26-22(16-21)28-11-13-30-14-12-28/h3-10,15-16,23H,11-14H2,1-2H3,(H,27,29). The normalized spacial score (nSPS) is 14.9. The van der Waals surface area contributed by atoms with Crippen LogP contribution >= 0.6 is 0 Å². The molecule has 1 atom stereocenters. The molecule has 0 aliphatic carbocycles. The van der Waals surface area contributed by atoms with E-state index in [1.807, 2.05) is 18.2 Å². The van der Waals surface area contributed by atoms with Gasteiger partial charge in [0.15, 0.2) is 0 Å². The Morgan fingerprint density at radius 1 is 0.967 bits per heavy atom. The van der Waals surface area contributed by atoms with Gasteiger partial charge in [0.1, 0.15) is 5.82 Å². The van der Waals surface area contributed by atoms with Crippen molar-refractivity contribution >= 4 is 11.7 Å². The van der Waals surface area contributed by atoms with Gasteiger partial charge < -0.3 is 15.0 Å². The fourth-order valence-corrected chi connectivity index (χ4v) is 3.60. The molecule has 3 heterocycles. The highest BCUT2D eigenvalue weighted by Crippen LogP contribution is 2.25. The molecule has 1 N–H and O–H groups in total. The molecule has 30 heavy (non-hydrogen) atoms. The minimum absolute atomic E-state index is 0.132. The Hall–Kier alpha value is -3.25. The Kier molecular flexibility index (Phi) is 6.05. The molecule has 6 nitrogen and oxygen atoms in total. The maximum atomic E-state index is 13.2. The molecule has 6 heteroatoms. The Bertz CT molecular complexity index is 1020. The van der Waals surface area contributed by atoms with Crippen molar-refractivity contribution in [1.29, 1.82) is 0 Å². The van der Waals surface area contributed by atoms with Gasteiger partial charge in [-0.15, -0.1) is 0 Å². The second kappa shape index (κ2) is 9.05. The summed E-state index contributed by atoms with van der Waals surface area (Å²) in [5, 5.41) is 3.21. The maximum absolute atomic E-state index is 13.2. The van der Waals surface area contributed by atoms with E-state index in [1.165, 1.54) is 11.1 Å². The fraction of sp³-hybridized carbons (Fsp3) is 0.292. The molecule has 1 fully saturated rings. The molecule has 4 rings (SSSR count). The second-order valence-corrected chi connectivity index (χ2v) is 7.53. The summed E-state index contributed by atoms with van der Waals surface area (Å²) in [6.45, 7) is 7.08. The van der Waals surface area contributed by atoms with Gasteiger partial charge in [-0.1, -0.05) is 18.2 Å². The molecule has 1 saturated heterocycles. The number of anilines is 1. The first-order valence-electron chi connectivity index (χ1n) is 10.2. The van der Waals surface area contributed by atoms with E-state index >= 15 is 0 Å². The number of amides is 1. The van der Waals surface area contributed by atoms with Crippen LogP contribution in [0.1, 0.15) is 38.7 Å². The zero-order chi connectivity index (χ0) is 20.9. The zero-order valence-electron chi connectivity index (χ0n) is 17.3. The van der Waals surface area contributed by atoms with Gasteiger partial charge in [0.2, 0.25) is 0 Å². The van der Waals surface area contributed by atoms with E-state index in [9.17, 15) is 4.79 Å². The van der Waals surface area contributed by atoms with Crippen LogP contribution in [0.4, 0.5) is 5.82 Å². The van der Waals surface area contributed by atoms with Gasteiger partial charge in [-0.2, -0.15) is 0 Å². The SMILES string of the molecule is Cc1ccc(C(NC(=O)c2ccnc(N3CCOCC3)c2)c2ccncc2)cc1C. The molecule has 3 aromatic rings. The number of ether oxygens (including phenoxy) is 1. The van der Waals surface area contributed by atoms with E-state index in [1.54, 1.807) is 24.7 Å². The highest BCUT2D eigenvalue weighted by molar-refractivity contribution is 5.95. The monoisotopic (exact) mass is 402 g/mol. The summed E-state index contributed by atoms with van der Waals surface area (Å²) >= 11 is 0. The Labute approximate surface area is 176 Å². The van der Waals surface area contributed by atoms with Crippen LogP contribution in [0.2, 0.25) is 0 Å². The molecule has 1 unspecified atom stereocenters. The number of aryl methyl sites for hydroxylation is 2. The van der Waals surface area contributed by atoms with Gasteiger partial charge in [-0.3, -0.25) is 9.78 Å². The number of hydrogen-bond donors (Lipinski definition) is 1. The first-order chi connectivity index (χ1) is 14.6. The van der Waals surface area contributed by atoms with Crippen molar-refractivity contribution < 1.29 is 9.53 Å². The minimum Gasteiger partial charge on any atom is -0.378 e. The van der Waals surface area contributed by atoms with Crippen LogP contribution < -0.4 is 10.2 Å². The van der Waals surface area contributed by atoms with E-state index in [4.69, 9.17) is 4.74 Å². The van der Waals surface area contributed by atoms with Crippen molar-refractivity contribution in [2.75, 3.05) is 31.2 Å². The van der Waals surface area contributed by atoms with Gasteiger partial charge >= 0.3 is 0 Å². The highest BCUT2D eigenvalue weighted by Gasteiger charge is 2.20. The van der Waals surface area contributed by atoms with Crippen molar-refractivity contribution in [3.05, 3.63) is 88.9 Å². The number of carbonyl (C=O) groups excluding carboxylic acids is 1. The number of rotatable bonds is 5. The molecule has 0 saturated carbocycles. The molecular weight excluding hydrogens is 376 g/mol. The summed E-state index contributed by atoms with van der Waals surface area (Å²) in [6.07, 6.45) is 5.19. The second-order valence-electron chi connectivity index (χ2n) is 7.53. The van der Waals surface area contributed by atoms with E-state index in [0.29, 0.717) is 18.8 Å². The molecule has 0 spiro atoms. The van der Waals surface area contributed by atoms with Gasteiger partial charge in [-0.05, 0) is 60.4 Å². The van der Waals surface area contributed by atoms with Crippen molar-refractivity contribution in [3.8, 4) is 0 Å². The quantitative estimate of drug-likeness (QED) is 0.708. The van der Waals surface area contributed by atoms with Crippen LogP contribution in [-0.4, -0.2) is 42.2 Å². The third-order valence-electron chi connectivity index (χ3n) is 5.52. The van der Waals surface area contributed by atoms with Crippen molar-refractivity contribution in [2.45, 2.75) is 19.9 Å². The molecular formula is C24H26N4O2. The highest BCUT2D eigenvalue weighted by atomic mass is 16.5. The molecule has 1 aromatic carbocycles. The molecule has 2 aromatic heterocycles. The van der Waals surface area contributed by atoms with Crippen LogP contribution in [0, 0.1) is 13.8 Å². The Morgan fingerprint density at radius 2 is 1.73 bits per heavy atom. The molecule has 0 bridgehead atoms. The lowest BCUT2D eigenvalue weighted by molar-refractivity contribution is 0.0943. The lowest BCUT2D eigenvalue weighted by Gasteiger charge is -2.28. The average Bonchev–Trinajstić information content (AvgIpc) is 2.80. The lowest BCUT2D eigenvalue weighted by Crippen LogP contribution is -2.37. The molecule has 0 radical (unpaired) electrons.